The molecule has 0 fully saturated rings. The largest absolute Gasteiger partial charge is 0.337 e. The summed E-state index contributed by atoms with van der Waals surface area (Å²) < 4.78 is 30.5. The van der Waals surface area contributed by atoms with E-state index in [4.69, 9.17) is 0 Å². The molecule has 0 saturated carbocycles. The predicted octanol–water partition coefficient (Wildman–Crippen LogP) is 1.06. The highest BCUT2D eigenvalue weighted by Crippen LogP contribution is 2.20. The van der Waals surface area contributed by atoms with Crippen molar-refractivity contribution in [3.63, 3.8) is 0 Å². The van der Waals surface area contributed by atoms with Crippen LogP contribution >= 0.6 is 0 Å². The Morgan fingerprint density at radius 1 is 1.35 bits per heavy atom. The van der Waals surface area contributed by atoms with Gasteiger partial charge in [-0.25, -0.2) is 4.98 Å². The van der Waals surface area contributed by atoms with Crippen LogP contribution in [-0.2, 0) is 30.0 Å². The van der Waals surface area contributed by atoms with E-state index in [9.17, 15) is 8.42 Å². The lowest BCUT2D eigenvalue weighted by Gasteiger charge is -2.11. The third-order valence-corrected chi connectivity index (χ3v) is 4.74. The van der Waals surface area contributed by atoms with E-state index < -0.39 is 10.0 Å². The van der Waals surface area contributed by atoms with Crippen molar-refractivity contribution >= 4 is 15.8 Å². The van der Waals surface area contributed by atoms with Gasteiger partial charge in [0.1, 0.15) is 5.82 Å². The molecule has 0 atom stereocenters. The molecular weight excluding hydrogens is 278 g/mol. The quantitative estimate of drug-likeness (QED) is 0.918. The highest BCUT2D eigenvalue weighted by Gasteiger charge is 2.21. The van der Waals surface area contributed by atoms with Crippen LogP contribution in [0.3, 0.4) is 0 Å². The molecule has 7 nitrogen and oxygen atoms in total. The maximum absolute atomic E-state index is 12.2. The van der Waals surface area contributed by atoms with Gasteiger partial charge < -0.3 is 4.57 Å². The van der Waals surface area contributed by atoms with Gasteiger partial charge in [0.2, 0.25) is 0 Å². The van der Waals surface area contributed by atoms with Gasteiger partial charge in [-0.2, -0.15) is 13.5 Å². The first-order valence-corrected chi connectivity index (χ1v) is 8.03. The van der Waals surface area contributed by atoms with Gasteiger partial charge in [-0.05, 0) is 26.2 Å². The van der Waals surface area contributed by atoms with Crippen LogP contribution in [0.4, 0.5) is 5.82 Å². The molecule has 1 aliphatic rings. The van der Waals surface area contributed by atoms with Crippen molar-refractivity contribution in [3.8, 4) is 0 Å². The summed E-state index contributed by atoms with van der Waals surface area (Å²) in [6, 6.07) is 1.80. The van der Waals surface area contributed by atoms with Gasteiger partial charge in [0, 0.05) is 31.5 Å². The third-order valence-electron chi connectivity index (χ3n) is 3.52. The summed E-state index contributed by atoms with van der Waals surface area (Å²) in [5, 5.41) is 4.30. The van der Waals surface area contributed by atoms with Gasteiger partial charge in [-0.1, -0.05) is 0 Å². The van der Waals surface area contributed by atoms with Gasteiger partial charge in [-0.3, -0.25) is 9.40 Å². The standard InChI is InChI=1S/C12H17N5O2S/c1-9-13-12(8-16(9)2)20(18,19)15-11-7-10-5-3-4-6-17(10)14-11/h7-8H,3-6H2,1-2H3,(H,14,15). The number of aryl methyl sites for hydroxylation is 4. The van der Waals surface area contributed by atoms with Gasteiger partial charge in [0.25, 0.3) is 10.0 Å². The highest BCUT2D eigenvalue weighted by atomic mass is 32.2. The van der Waals surface area contributed by atoms with Crippen molar-refractivity contribution in [2.24, 2.45) is 7.05 Å². The molecular formula is C12H17N5O2S. The zero-order chi connectivity index (χ0) is 14.3. The summed E-state index contributed by atoms with van der Waals surface area (Å²) in [6.45, 7) is 2.61. The molecule has 3 rings (SSSR count). The molecule has 8 heteroatoms. The maximum Gasteiger partial charge on any atom is 0.282 e. The smallest absolute Gasteiger partial charge is 0.282 e. The second-order valence-corrected chi connectivity index (χ2v) is 6.67. The summed E-state index contributed by atoms with van der Waals surface area (Å²) in [5.74, 6) is 1.01. The number of fused-ring (bicyclic) bond motifs is 1. The van der Waals surface area contributed by atoms with E-state index in [0.29, 0.717) is 11.6 Å². The van der Waals surface area contributed by atoms with Crippen LogP contribution in [0.1, 0.15) is 24.4 Å². The van der Waals surface area contributed by atoms with Crippen LogP contribution < -0.4 is 4.72 Å². The number of rotatable bonds is 3. The topological polar surface area (TPSA) is 81.8 Å². The number of hydrogen-bond acceptors (Lipinski definition) is 4. The van der Waals surface area contributed by atoms with Gasteiger partial charge in [-0.15, -0.1) is 0 Å². The summed E-state index contributed by atoms with van der Waals surface area (Å²) in [6.07, 6.45) is 4.64. The molecule has 0 aliphatic carbocycles. The minimum atomic E-state index is -3.67. The number of nitrogens with zero attached hydrogens (tertiary/aromatic N) is 4. The van der Waals surface area contributed by atoms with Crippen molar-refractivity contribution in [1.29, 1.82) is 0 Å². The Morgan fingerprint density at radius 2 is 2.15 bits per heavy atom. The van der Waals surface area contributed by atoms with Gasteiger partial charge in [0.05, 0.1) is 0 Å². The van der Waals surface area contributed by atoms with Crippen LogP contribution in [0, 0.1) is 6.92 Å². The molecule has 0 bridgehead atoms. The van der Waals surface area contributed by atoms with E-state index in [1.54, 1.807) is 24.6 Å². The molecule has 0 unspecified atom stereocenters. The molecule has 20 heavy (non-hydrogen) atoms. The Hall–Kier alpha value is -1.83. The maximum atomic E-state index is 12.2. The molecule has 2 aromatic rings. The van der Waals surface area contributed by atoms with Gasteiger partial charge in [0.15, 0.2) is 10.8 Å². The lowest BCUT2D eigenvalue weighted by atomic mass is 10.1. The fourth-order valence-electron chi connectivity index (χ4n) is 2.31. The van der Waals surface area contributed by atoms with E-state index in [1.807, 2.05) is 4.68 Å². The zero-order valence-electron chi connectivity index (χ0n) is 11.5. The van der Waals surface area contributed by atoms with E-state index in [0.717, 1.165) is 31.5 Å². The summed E-state index contributed by atoms with van der Waals surface area (Å²) in [4.78, 5) is 4.04. The Bertz CT molecular complexity index is 701. The summed E-state index contributed by atoms with van der Waals surface area (Å²) >= 11 is 0. The first-order chi connectivity index (χ1) is 9.45. The SMILES string of the molecule is Cc1nc(S(=O)(=O)Nc2cc3n(n2)CCCC3)cn1C. The number of anilines is 1. The summed E-state index contributed by atoms with van der Waals surface area (Å²) in [5.41, 5.74) is 1.08. The van der Waals surface area contributed by atoms with Crippen molar-refractivity contribution in [3.05, 3.63) is 23.8 Å². The molecule has 0 radical (unpaired) electrons. The minimum absolute atomic E-state index is 0.0171. The second kappa shape index (κ2) is 4.62. The van der Waals surface area contributed by atoms with E-state index in [-0.39, 0.29) is 5.03 Å². The molecule has 0 amide bonds. The lowest BCUT2D eigenvalue weighted by Crippen LogP contribution is -2.14. The molecule has 0 aromatic carbocycles. The van der Waals surface area contributed by atoms with Crippen LogP contribution in [0.25, 0.3) is 0 Å². The molecule has 3 heterocycles. The first-order valence-electron chi connectivity index (χ1n) is 6.55. The van der Waals surface area contributed by atoms with E-state index >= 15 is 0 Å². The number of imidazole rings is 1. The average molecular weight is 295 g/mol. The fraction of sp³-hybridized carbons (Fsp3) is 0.500. The van der Waals surface area contributed by atoms with Crippen molar-refractivity contribution in [1.82, 2.24) is 19.3 Å². The third kappa shape index (κ3) is 2.31. The predicted molar refractivity (Wildman–Crippen MR) is 73.9 cm³/mol. The zero-order valence-corrected chi connectivity index (χ0v) is 12.3. The van der Waals surface area contributed by atoms with E-state index in [2.05, 4.69) is 14.8 Å². The Balaban J connectivity index is 1.88. The molecule has 1 aliphatic heterocycles. The average Bonchev–Trinajstić information content (AvgIpc) is 2.93. The van der Waals surface area contributed by atoms with Crippen LogP contribution in [-0.4, -0.2) is 27.7 Å². The second-order valence-electron chi connectivity index (χ2n) is 5.04. The Morgan fingerprint density at radius 3 is 2.80 bits per heavy atom. The normalized spacial score (nSPS) is 15.1. The first kappa shape index (κ1) is 13.2. The monoisotopic (exact) mass is 295 g/mol. The van der Waals surface area contributed by atoms with Crippen molar-refractivity contribution < 1.29 is 8.42 Å². The number of nitrogens with one attached hydrogen (secondary N) is 1. The molecule has 108 valence electrons. The lowest BCUT2D eigenvalue weighted by molar-refractivity contribution is 0.487. The van der Waals surface area contributed by atoms with E-state index in [1.165, 1.54) is 6.20 Å². The minimum Gasteiger partial charge on any atom is -0.337 e. The Labute approximate surface area is 117 Å². The van der Waals surface area contributed by atoms with Crippen molar-refractivity contribution in [2.45, 2.75) is 37.8 Å². The molecule has 2 aromatic heterocycles. The molecule has 0 spiro atoms. The highest BCUT2D eigenvalue weighted by molar-refractivity contribution is 7.92. The van der Waals surface area contributed by atoms with Gasteiger partial charge >= 0.3 is 0 Å². The fourth-order valence-corrected chi connectivity index (χ4v) is 3.34. The van der Waals surface area contributed by atoms with Crippen LogP contribution in [0.5, 0.6) is 0 Å². The molecule has 1 N–H and O–H groups in total. The van der Waals surface area contributed by atoms with Crippen LogP contribution in [0.15, 0.2) is 17.3 Å². The van der Waals surface area contributed by atoms with Crippen LogP contribution in [0.2, 0.25) is 0 Å². The Kier molecular flexibility index (Phi) is 3.04. The number of hydrogen-bond donors (Lipinski definition) is 1. The summed E-state index contributed by atoms with van der Waals surface area (Å²) in [7, 11) is -1.91. The van der Waals surface area contributed by atoms with Crippen molar-refractivity contribution in [2.75, 3.05) is 4.72 Å². The number of aromatic nitrogens is 4. The molecule has 0 saturated heterocycles. The number of sulfonamides is 1.